The standard InChI is InChI=1S/C17H26FN3/c18-15-8-6-14(7-9-15)16(20-19)17(10-2-3-11-17)21-12-4-1-5-13-21/h6-9,16,20H,1-5,10-13,19H2. The molecule has 1 saturated heterocycles. The number of hydrazine groups is 1. The topological polar surface area (TPSA) is 41.3 Å². The van der Waals surface area contributed by atoms with Crippen molar-refractivity contribution in [1.29, 1.82) is 0 Å². The van der Waals surface area contributed by atoms with Crippen LogP contribution < -0.4 is 11.3 Å². The molecule has 21 heavy (non-hydrogen) atoms. The summed E-state index contributed by atoms with van der Waals surface area (Å²) in [7, 11) is 0. The maximum Gasteiger partial charge on any atom is 0.123 e. The smallest absolute Gasteiger partial charge is 0.123 e. The van der Waals surface area contributed by atoms with Gasteiger partial charge in [-0.05, 0) is 56.5 Å². The average Bonchev–Trinajstić information content (AvgIpc) is 3.01. The second-order valence-electron chi connectivity index (χ2n) is 6.51. The molecule has 2 fully saturated rings. The van der Waals surface area contributed by atoms with Gasteiger partial charge in [0.05, 0.1) is 6.04 Å². The molecule has 116 valence electrons. The van der Waals surface area contributed by atoms with Crippen molar-refractivity contribution in [3.05, 3.63) is 35.6 Å². The zero-order valence-electron chi connectivity index (χ0n) is 12.7. The van der Waals surface area contributed by atoms with E-state index in [1.807, 2.05) is 12.1 Å². The normalized spacial score (nSPS) is 24.1. The molecule has 0 amide bonds. The number of halogens is 1. The molecular formula is C17H26FN3. The molecule has 4 heteroatoms. The fourth-order valence-electron chi connectivity index (χ4n) is 4.33. The molecule has 0 radical (unpaired) electrons. The lowest BCUT2D eigenvalue weighted by Gasteiger charge is -2.48. The third kappa shape index (κ3) is 2.85. The van der Waals surface area contributed by atoms with Crippen LogP contribution in [0, 0.1) is 5.82 Å². The molecule has 1 atom stereocenters. The Balaban J connectivity index is 1.91. The van der Waals surface area contributed by atoms with E-state index in [0.29, 0.717) is 0 Å². The summed E-state index contributed by atoms with van der Waals surface area (Å²) in [5.41, 5.74) is 4.26. The second-order valence-corrected chi connectivity index (χ2v) is 6.51. The third-order valence-corrected chi connectivity index (χ3v) is 5.36. The summed E-state index contributed by atoms with van der Waals surface area (Å²) in [6, 6.07) is 6.92. The minimum Gasteiger partial charge on any atom is -0.296 e. The van der Waals surface area contributed by atoms with E-state index >= 15 is 0 Å². The van der Waals surface area contributed by atoms with Crippen LogP contribution in [0.25, 0.3) is 0 Å². The first-order valence-electron chi connectivity index (χ1n) is 8.23. The van der Waals surface area contributed by atoms with Gasteiger partial charge in [-0.25, -0.2) is 4.39 Å². The summed E-state index contributed by atoms with van der Waals surface area (Å²) >= 11 is 0. The van der Waals surface area contributed by atoms with E-state index in [2.05, 4.69) is 10.3 Å². The van der Waals surface area contributed by atoms with Crippen LogP contribution in [0.15, 0.2) is 24.3 Å². The summed E-state index contributed by atoms with van der Waals surface area (Å²) < 4.78 is 13.2. The zero-order chi connectivity index (χ0) is 14.7. The average molecular weight is 291 g/mol. The SMILES string of the molecule is NNC(c1ccc(F)cc1)C1(N2CCCCC2)CCCC1. The maximum atomic E-state index is 13.2. The van der Waals surface area contributed by atoms with E-state index in [1.165, 1.54) is 58.0 Å². The molecule has 1 unspecified atom stereocenters. The number of nitrogens with one attached hydrogen (secondary N) is 1. The number of piperidine rings is 1. The summed E-state index contributed by atoms with van der Waals surface area (Å²) in [6.45, 7) is 2.33. The Morgan fingerprint density at radius 3 is 2.19 bits per heavy atom. The van der Waals surface area contributed by atoms with Gasteiger partial charge >= 0.3 is 0 Å². The molecule has 1 aromatic rings. The quantitative estimate of drug-likeness (QED) is 0.661. The Hall–Kier alpha value is -0.970. The second kappa shape index (κ2) is 6.42. The van der Waals surface area contributed by atoms with E-state index < -0.39 is 0 Å². The molecule has 3 rings (SSSR count). The molecule has 0 spiro atoms. The van der Waals surface area contributed by atoms with Crippen molar-refractivity contribution in [3.8, 4) is 0 Å². The van der Waals surface area contributed by atoms with E-state index in [9.17, 15) is 4.39 Å². The number of rotatable bonds is 4. The lowest BCUT2D eigenvalue weighted by molar-refractivity contribution is 0.0360. The first-order valence-corrected chi connectivity index (χ1v) is 8.23. The van der Waals surface area contributed by atoms with Crippen LogP contribution in [0.3, 0.4) is 0 Å². The molecule has 1 heterocycles. The summed E-state index contributed by atoms with van der Waals surface area (Å²) in [5.74, 6) is 5.76. The van der Waals surface area contributed by atoms with Crippen molar-refractivity contribution >= 4 is 0 Å². The lowest BCUT2D eigenvalue weighted by atomic mass is 9.81. The van der Waals surface area contributed by atoms with Crippen LogP contribution in [0.2, 0.25) is 0 Å². The van der Waals surface area contributed by atoms with Gasteiger partial charge in [-0.2, -0.15) is 0 Å². The van der Waals surface area contributed by atoms with Crippen LogP contribution in [0.1, 0.15) is 56.6 Å². The van der Waals surface area contributed by atoms with E-state index in [-0.39, 0.29) is 17.4 Å². The Bertz CT molecular complexity index is 448. The molecule has 1 aliphatic carbocycles. The van der Waals surface area contributed by atoms with Gasteiger partial charge in [0.15, 0.2) is 0 Å². The highest BCUT2D eigenvalue weighted by Gasteiger charge is 2.46. The van der Waals surface area contributed by atoms with Crippen molar-refractivity contribution in [2.45, 2.75) is 56.5 Å². The number of hydrogen-bond donors (Lipinski definition) is 2. The number of hydrogen-bond acceptors (Lipinski definition) is 3. The van der Waals surface area contributed by atoms with Gasteiger partial charge < -0.3 is 0 Å². The third-order valence-electron chi connectivity index (χ3n) is 5.36. The number of likely N-dealkylation sites (tertiary alicyclic amines) is 1. The summed E-state index contributed by atoms with van der Waals surface area (Å²) in [5, 5.41) is 0. The molecule has 1 aromatic carbocycles. The molecule has 1 aliphatic heterocycles. The largest absolute Gasteiger partial charge is 0.296 e. The predicted octanol–water partition coefficient (Wildman–Crippen LogP) is 3.13. The fourth-order valence-corrected chi connectivity index (χ4v) is 4.33. The van der Waals surface area contributed by atoms with Crippen molar-refractivity contribution < 1.29 is 4.39 Å². The molecule has 0 bridgehead atoms. The van der Waals surface area contributed by atoms with Gasteiger partial charge in [0.1, 0.15) is 5.82 Å². The minimum absolute atomic E-state index is 0.0821. The Labute approximate surface area is 126 Å². The maximum absolute atomic E-state index is 13.2. The van der Waals surface area contributed by atoms with Gasteiger partial charge in [-0.3, -0.25) is 16.2 Å². The zero-order valence-corrected chi connectivity index (χ0v) is 12.7. The van der Waals surface area contributed by atoms with Gasteiger partial charge in [-0.1, -0.05) is 31.4 Å². The van der Waals surface area contributed by atoms with E-state index in [0.717, 1.165) is 5.56 Å². The van der Waals surface area contributed by atoms with Crippen LogP contribution in [0.4, 0.5) is 4.39 Å². The molecule has 3 N–H and O–H groups in total. The fraction of sp³-hybridized carbons (Fsp3) is 0.647. The summed E-state index contributed by atoms with van der Waals surface area (Å²) in [6.07, 6.45) is 8.78. The monoisotopic (exact) mass is 291 g/mol. The van der Waals surface area contributed by atoms with E-state index in [1.54, 1.807) is 12.1 Å². The minimum atomic E-state index is -0.187. The first kappa shape index (κ1) is 14.9. The summed E-state index contributed by atoms with van der Waals surface area (Å²) in [4.78, 5) is 2.65. The molecule has 2 aliphatic rings. The van der Waals surface area contributed by atoms with Crippen molar-refractivity contribution in [3.63, 3.8) is 0 Å². The first-order chi connectivity index (χ1) is 10.3. The van der Waals surface area contributed by atoms with Gasteiger partial charge in [0.25, 0.3) is 0 Å². The molecule has 0 aromatic heterocycles. The number of benzene rings is 1. The van der Waals surface area contributed by atoms with E-state index in [4.69, 9.17) is 5.84 Å². The predicted molar refractivity (Wildman–Crippen MR) is 83.1 cm³/mol. The highest BCUT2D eigenvalue weighted by molar-refractivity contribution is 5.25. The Kier molecular flexibility index (Phi) is 4.57. The molecule has 1 saturated carbocycles. The van der Waals surface area contributed by atoms with Gasteiger partial charge in [0.2, 0.25) is 0 Å². The highest BCUT2D eigenvalue weighted by Crippen LogP contribution is 2.45. The number of nitrogens with two attached hydrogens (primary N) is 1. The van der Waals surface area contributed by atoms with Gasteiger partial charge in [0, 0.05) is 5.54 Å². The van der Waals surface area contributed by atoms with Crippen molar-refractivity contribution in [2.24, 2.45) is 5.84 Å². The number of nitrogens with zero attached hydrogens (tertiary/aromatic N) is 1. The molecular weight excluding hydrogens is 265 g/mol. The van der Waals surface area contributed by atoms with Crippen LogP contribution in [0.5, 0.6) is 0 Å². The Morgan fingerprint density at radius 1 is 1.00 bits per heavy atom. The van der Waals surface area contributed by atoms with Crippen LogP contribution in [-0.4, -0.2) is 23.5 Å². The van der Waals surface area contributed by atoms with Crippen molar-refractivity contribution in [1.82, 2.24) is 10.3 Å². The molecule has 3 nitrogen and oxygen atoms in total. The van der Waals surface area contributed by atoms with Crippen LogP contribution in [-0.2, 0) is 0 Å². The van der Waals surface area contributed by atoms with Crippen LogP contribution >= 0.6 is 0 Å². The van der Waals surface area contributed by atoms with Gasteiger partial charge in [-0.15, -0.1) is 0 Å². The highest BCUT2D eigenvalue weighted by atomic mass is 19.1. The lowest BCUT2D eigenvalue weighted by Crippen LogP contribution is -2.57. The Morgan fingerprint density at radius 2 is 1.62 bits per heavy atom. The van der Waals surface area contributed by atoms with Crippen molar-refractivity contribution in [2.75, 3.05) is 13.1 Å².